The summed E-state index contributed by atoms with van der Waals surface area (Å²) in [6.45, 7) is 4.50. The Labute approximate surface area is 154 Å². The van der Waals surface area contributed by atoms with Crippen molar-refractivity contribution in [1.29, 1.82) is 0 Å². The quantitative estimate of drug-likeness (QED) is 0.290. The fourth-order valence-electron chi connectivity index (χ4n) is 1.62. The third kappa shape index (κ3) is 6.71. The maximum atomic E-state index is 11.4. The molecule has 1 aromatic carbocycles. The summed E-state index contributed by atoms with van der Waals surface area (Å²) >= 11 is 8.44. The first kappa shape index (κ1) is 20.2. The van der Waals surface area contributed by atoms with Gasteiger partial charge in [0.15, 0.2) is 23.2 Å². The van der Waals surface area contributed by atoms with Crippen LogP contribution in [0.3, 0.4) is 0 Å². The lowest BCUT2D eigenvalue weighted by Crippen LogP contribution is -2.31. The minimum absolute atomic E-state index is 0.192. The summed E-state index contributed by atoms with van der Waals surface area (Å²) in [5.41, 5.74) is 3.45. The smallest absolute Gasteiger partial charge is 0.344 e. The molecule has 1 rings (SSSR count). The van der Waals surface area contributed by atoms with Crippen LogP contribution in [0.5, 0.6) is 11.5 Å². The Bertz CT molecular complexity index is 611. The molecule has 7 nitrogen and oxygen atoms in total. The van der Waals surface area contributed by atoms with Gasteiger partial charge in [0.25, 0.3) is 0 Å². The molecule has 0 aliphatic heterocycles. The van der Waals surface area contributed by atoms with E-state index in [1.54, 1.807) is 25.3 Å². The summed E-state index contributed by atoms with van der Waals surface area (Å²) < 4.78 is 16.3. The highest BCUT2D eigenvalue weighted by atomic mass is 79.9. The number of halogens is 1. The van der Waals surface area contributed by atoms with Gasteiger partial charge < -0.3 is 19.5 Å². The molecule has 0 heterocycles. The Kier molecular flexibility index (Phi) is 9.10. The monoisotopic (exact) mass is 417 g/mol. The largest absolute Gasteiger partial charge is 0.493 e. The molecule has 2 N–H and O–H groups in total. The molecule has 0 unspecified atom stereocenters. The van der Waals surface area contributed by atoms with Crippen molar-refractivity contribution in [2.75, 3.05) is 26.9 Å². The summed E-state index contributed by atoms with van der Waals surface area (Å²) in [5.74, 6) is 0.450. The standard InChI is InChI=1S/C15H20BrN3O4S/c1-4-17-15(24)19-18-8-10-6-12(21-3)13(7-11(10)16)23-9-14(20)22-5-2/h6-8H,4-5,9H2,1-3H3,(H2,17,19,24). The molecule has 0 spiro atoms. The molecule has 132 valence electrons. The molecule has 0 aromatic heterocycles. The maximum absolute atomic E-state index is 11.4. The normalized spacial score (nSPS) is 10.3. The Morgan fingerprint density at radius 1 is 1.38 bits per heavy atom. The zero-order valence-corrected chi connectivity index (χ0v) is 16.1. The number of esters is 1. The van der Waals surface area contributed by atoms with Gasteiger partial charge in [-0.1, -0.05) is 0 Å². The molecule has 0 saturated carbocycles. The summed E-state index contributed by atoms with van der Waals surface area (Å²) in [6.07, 6.45) is 1.59. The third-order valence-electron chi connectivity index (χ3n) is 2.64. The van der Waals surface area contributed by atoms with Crippen LogP contribution in [-0.4, -0.2) is 44.2 Å². The number of hydrazone groups is 1. The van der Waals surface area contributed by atoms with E-state index in [0.29, 0.717) is 29.8 Å². The van der Waals surface area contributed by atoms with E-state index < -0.39 is 5.97 Å². The van der Waals surface area contributed by atoms with Gasteiger partial charge in [-0.05, 0) is 54.1 Å². The first-order valence-electron chi connectivity index (χ1n) is 7.24. The number of nitrogens with one attached hydrogen (secondary N) is 2. The van der Waals surface area contributed by atoms with E-state index in [2.05, 4.69) is 31.8 Å². The second-order valence-corrected chi connectivity index (χ2v) is 5.61. The minimum Gasteiger partial charge on any atom is -0.493 e. The Balaban J connectivity index is 2.81. The molecule has 0 aliphatic rings. The van der Waals surface area contributed by atoms with Gasteiger partial charge in [-0.2, -0.15) is 5.10 Å². The zero-order valence-electron chi connectivity index (χ0n) is 13.7. The van der Waals surface area contributed by atoms with Crippen molar-refractivity contribution >= 4 is 45.4 Å². The second-order valence-electron chi connectivity index (χ2n) is 4.35. The van der Waals surface area contributed by atoms with Crippen molar-refractivity contribution in [3.05, 3.63) is 22.2 Å². The highest BCUT2D eigenvalue weighted by molar-refractivity contribution is 9.10. The Morgan fingerprint density at radius 2 is 2.12 bits per heavy atom. The number of hydrogen-bond donors (Lipinski definition) is 2. The number of methoxy groups -OCH3 is 1. The molecule has 0 aliphatic carbocycles. The lowest BCUT2D eigenvalue weighted by atomic mass is 10.2. The molecular formula is C15H20BrN3O4S. The van der Waals surface area contributed by atoms with E-state index in [-0.39, 0.29) is 6.61 Å². The Hall–Kier alpha value is -1.87. The van der Waals surface area contributed by atoms with Crippen LogP contribution in [-0.2, 0) is 9.53 Å². The lowest BCUT2D eigenvalue weighted by Gasteiger charge is -2.12. The van der Waals surface area contributed by atoms with Gasteiger partial charge in [-0.3, -0.25) is 5.43 Å². The van der Waals surface area contributed by atoms with Crippen LogP contribution >= 0.6 is 28.1 Å². The van der Waals surface area contributed by atoms with Gasteiger partial charge >= 0.3 is 5.97 Å². The predicted octanol–water partition coefficient (Wildman–Crippen LogP) is 2.22. The average Bonchev–Trinajstić information content (AvgIpc) is 2.55. The van der Waals surface area contributed by atoms with Crippen molar-refractivity contribution in [3.63, 3.8) is 0 Å². The van der Waals surface area contributed by atoms with Crippen molar-refractivity contribution < 1.29 is 19.0 Å². The van der Waals surface area contributed by atoms with Crippen LogP contribution in [0.4, 0.5) is 0 Å². The summed E-state index contributed by atoms with van der Waals surface area (Å²) in [5, 5.41) is 7.40. The summed E-state index contributed by atoms with van der Waals surface area (Å²) in [7, 11) is 1.51. The molecule has 0 saturated heterocycles. The third-order valence-corrected chi connectivity index (χ3v) is 3.56. The predicted molar refractivity (Wildman–Crippen MR) is 99.8 cm³/mol. The van der Waals surface area contributed by atoms with Crippen LogP contribution in [0.15, 0.2) is 21.7 Å². The van der Waals surface area contributed by atoms with Crippen LogP contribution in [0, 0.1) is 0 Å². The average molecular weight is 418 g/mol. The summed E-state index contributed by atoms with van der Waals surface area (Å²) in [4.78, 5) is 11.4. The zero-order chi connectivity index (χ0) is 17.9. The van der Waals surface area contributed by atoms with Crippen molar-refractivity contribution in [1.82, 2.24) is 10.7 Å². The molecule has 0 radical (unpaired) electrons. The van der Waals surface area contributed by atoms with Crippen molar-refractivity contribution in [2.24, 2.45) is 5.10 Å². The first-order valence-corrected chi connectivity index (χ1v) is 8.44. The van der Waals surface area contributed by atoms with E-state index in [1.165, 1.54) is 7.11 Å². The van der Waals surface area contributed by atoms with E-state index in [1.807, 2.05) is 6.92 Å². The number of nitrogens with zero attached hydrogens (tertiary/aromatic N) is 1. The lowest BCUT2D eigenvalue weighted by molar-refractivity contribution is -0.145. The van der Waals surface area contributed by atoms with E-state index in [0.717, 1.165) is 10.0 Å². The van der Waals surface area contributed by atoms with Crippen LogP contribution < -0.4 is 20.2 Å². The topological polar surface area (TPSA) is 81.2 Å². The Morgan fingerprint density at radius 3 is 2.75 bits per heavy atom. The van der Waals surface area contributed by atoms with Crippen molar-refractivity contribution in [3.8, 4) is 11.5 Å². The van der Waals surface area contributed by atoms with E-state index in [9.17, 15) is 4.79 Å². The molecule has 1 aromatic rings. The maximum Gasteiger partial charge on any atom is 0.344 e. The number of thiocarbonyl (C=S) groups is 1. The highest BCUT2D eigenvalue weighted by Gasteiger charge is 2.11. The van der Waals surface area contributed by atoms with Gasteiger partial charge in [0.2, 0.25) is 0 Å². The highest BCUT2D eigenvalue weighted by Crippen LogP contribution is 2.32. The molecule has 0 amide bonds. The van der Waals surface area contributed by atoms with Crippen LogP contribution in [0.25, 0.3) is 0 Å². The molecular weight excluding hydrogens is 398 g/mol. The van der Waals surface area contributed by atoms with E-state index in [4.69, 9.17) is 26.4 Å². The molecule has 0 bridgehead atoms. The van der Waals surface area contributed by atoms with Gasteiger partial charge in [0.1, 0.15) is 0 Å². The first-order chi connectivity index (χ1) is 11.5. The van der Waals surface area contributed by atoms with Crippen molar-refractivity contribution in [2.45, 2.75) is 13.8 Å². The summed E-state index contributed by atoms with van der Waals surface area (Å²) in [6, 6.07) is 3.42. The SMILES string of the molecule is CCNC(=S)NN=Cc1cc(OC)c(OCC(=O)OCC)cc1Br. The fourth-order valence-corrected chi connectivity index (χ4v) is 2.24. The molecule has 24 heavy (non-hydrogen) atoms. The van der Waals surface area contributed by atoms with Gasteiger partial charge in [-0.15, -0.1) is 0 Å². The molecule has 0 atom stereocenters. The van der Waals surface area contributed by atoms with Crippen LogP contribution in [0.2, 0.25) is 0 Å². The fraction of sp³-hybridized carbons (Fsp3) is 0.400. The second kappa shape index (κ2) is 10.8. The molecule has 9 heteroatoms. The number of carbonyl (C=O) groups excluding carboxylic acids is 1. The minimum atomic E-state index is -0.442. The van der Waals surface area contributed by atoms with Gasteiger partial charge in [0.05, 0.1) is 19.9 Å². The number of rotatable bonds is 8. The number of carbonyl (C=O) groups is 1. The number of ether oxygens (including phenoxy) is 3. The van der Waals surface area contributed by atoms with Gasteiger partial charge in [-0.25, -0.2) is 4.79 Å². The van der Waals surface area contributed by atoms with E-state index >= 15 is 0 Å². The van der Waals surface area contributed by atoms with Gasteiger partial charge in [0, 0.05) is 16.6 Å². The number of hydrogen-bond acceptors (Lipinski definition) is 6. The molecule has 0 fully saturated rings. The van der Waals surface area contributed by atoms with Crippen LogP contribution in [0.1, 0.15) is 19.4 Å². The number of benzene rings is 1.